The first-order chi connectivity index (χ1) is 17.5. The summed E-state index contributed by atoms with van der Waals surface area (Å²) in [4.78, 5) is 16.1. The first-order valence-corrected chi connectivity index (χ1v) is 11.9. The van der Waals surface area contributed by atoms with Crippen molar-refractivity contribution in [3.05, 3.63) is 53.9 Å². The molecule has 0 amide bonds. The molecule has 0 unspecified atom stereocenters. The van der Waals surface area contributed by atoms with Crippen molar-refractivity contribution in [2.24, 2.45) is 13.0 Å². The predicted molar refractivity (Wildman–Crippen MR) is 130 cm³/mol. The summed E-state index contributed by atoms with van der Waals surface area (Å²) in [6, 6.07) is 13.5. The largest absolute Gasteiger partial charge is 0.489 e. The van der Waals surface area contributed by atoms with Crippen LogP contribution < -0.4 is 10.1 Å². The second kappa shape index (κ2) is 10.1. The maximum atomic E-state index is 11.4. The van der Waals surface area contributed by atoms with Gasteiger partial charge in [-0.1, -0.05) is 28.5 Å². The highest BCUT2D eigenvalue weighted by molar-refractivity contribution is 5.70. The Balaban J connectivity index is 1.28. The van der Waals surface area contributed by atoms with Crippen LogP contribution in [0.1, 0.15) is 37.1 Å². The molecule has 11 heteroatoms. The molecule has 1 fully saturated rings. The summed E-state index contributed by atoms with van der Waals surface area (Å²) in [5.41, 5.74) is 3.64. The van der Waals surface area contributed by atoms with Gasteiger partial charge in [0.2, 0.25) is 5.89 Å². The van der Waals surface area contributed by atoms with Gasteiger partial charge in [0.15, 0.2) is 0 Å². The van der Waals surface area contributed by atoms with E-state index in [1.54, 1.807) is 4.68 Å². The normalized spacial score (nSPS) is 17.6. The lowest BCUT2D eigenvalue weighted by molar-refractivity contribution is -0.143. The first-order valence-electron chi connectivity index (χ1n) is 11.9. The zero-order valence-corrected chi connectivity index (χ0v) is 20.1. The molecule has 3 heterocycles. The van der Waals surface area contributed by atoms with E-state index in [9.17, 15) is 9.90 Å². The summed E-state index contributed by atoms with van der Waals surface area (Å²) >= 11 is 0. The van der Waals surface area contributed by atoms with Gasteiger partial charge in [0, 0.05) is 12.6 Å². The molecule has 3 aromatic heterocycles. The van der Waals surface area contributed by atoms with Crippen molar-refractivity contribution in [3.8, 4) is 28.6 Å². The molecular formula is C25H27N7O4. The third kappa shape index (κ3) is 5.04. The number of pyridine rings is 1. The summed E-state index contributed by atoms with van der Waals surface area (Å²) in [7, 11) is 1.81. The van der Waals surface area contributed by atoms with Gasteiger partial charge >= 0.3 is 12.0 Å². The third-order valence-electron chi connectivity index (χ3n) is 6.34. The summed E-state index contributed by atoms with van der Waals surface area (Å²) in [6.45, 7) is 2.22. The van der Waals surface area contributed by atoms with Gasteiger partial charge in [-0.15, -0.1) is 10.2 Å². The molecule has 1 aromatic carbocycles. The number of aliphatic carboxylic acids is 1. The van der Waals surface area contributed by atoms with Crippen LogP contribution in [-0.2, 0) is 18.4 Å². The molecule has 0 bridgehead atoms. The lowest BCUT2D eigenvalue weighted by atomic mass is 9.87. The minimum atomic E-state index is -0.755. The quantitative estimate of drug-likeness (QED) is 0.374. The number of benzene rings is 1. The van der Waals surface area contributed by atoms with Gasteiger partial charge in [-0.25, -0.2) is 9.67 Å². The molecule has 11 nitrogen and oxygen atoms in total. The molecule has 2 N–H and O–H groups in total. The van der Waals surface area contributed by atoms with E-state index >= 15 is 0 Å². The van der Waals surface area contributed by atoms with Crippen molar-refractivity contribution in [1.82, 2.24) is 30.2 Å². The Morgan fingerprint density at radius 2 is 2.00 bits per heavy atom. The van der Waals surface area contributed by atoms with Gasteiger partial charge in [0.25, 0.3) is 0 Å². The Kier molecular flexibility index (Phi) is 6.61. The molecule has 0 spiro atoms. The van der Waals surface area contributed by atoms with E-state index < -0.39 is 5.97 Å². The first kappa shape index (κ1) is 23.5. The average molecular weight is 490 g/mol. The van der Waals surface area contributed by atoms with E-state index in [-0.39, 0.29) is 12.0 Å². The van der Waals surface area contributed by atoms with E-state index in [1.807, 2.05) is 56.4 Å². The Bertz CT molecular complexity index is 1350. The highest BCUT2D eigenvalue weighted by atomic mass is 16.5. The second-order valence-electron chi connectivity index (χ2n) is 8.86. The van der Waals surface area contributed by atoms with Crippen LogP contribution in [0.2, 0.25) is 0 Å². The van der Waals surface area contributed by atoms with E-state index in [0.717, 1.165) is 24.1 Å². The fraction of sp³-hybridized carbons (Fsp3) is 0.360. The van der Waals surface area contributed by atoms with E-state index in [1.165, 1.54) is 0 Å². The van der Waals surface area contributed by atoms with E-state index in [0.29, 0.717) is 54.1 Å². The highest BCUT2D eigenvalue weighted by Crippen LogP contribution is 2.30. The van der Waals surface area contributed by atoms with Crippen LogP contribution in [0.15, 0.2) is 46.9 Å². The molecule has 186 valence electrons. The van der Waals surface area contributed by atoms with Gasteiger partial charge in [0.05, 0.1) is 35.6 Å². The summed E-state index contributed by atoms with van der Waals surface area (Å²) in [6.07, 6.45) is 2.77. The SMILES string of the molecule is Cc1nc(-c2nnn(C)c2CNc2nnc(-c3ccccc3)o2)ccc1O[C@H]1CCC[C@H](C(=O)O)C1. The van der Waals surface area contributed by atoms with Crippen molar-refractivity contribution in [1.29, 1.82) is 0 Å². The van der Waals surface area contributed by atoms with Crippen LogP contribution in [0.25, 0.3) is 22.8 Å². The maximum Gasteiger partial charge on any atom is 0.316 e. The molecule has 1 aliphatic carbocycles. The van der Waals surface area contributed by atoms with Gasteiger partial charge in [-0.3, -0.25) is 4.79 Å². The van der Waals surface area contributed by atoms with Crippen molar-refractivity contribution in [3.63, 3.8) is 0 Å². The number of carbonyl (C=O) groups is 1. The van der Waals surface area contributed by atoms with Crippen molar-refractivity contribution >= 4 is 12.0 Å². The number of hydrogen-bond acceptors (Lipinski definition) is 9. The molecular weight excluding hydrogens is 462 g/mol. The average Bonchev–Trinajstić information content (AvgIpc) is 3.51. The topological polar surface area (TPSA) is 141 Å². The van der Waals surface area contributed by atoms with Gasteiger partial charge in [0.1, 0.15) is 11.4 Å². The molecule has 1 saturated carbocycles. The maximum absolute atomic E-state index is 11.4. The molecule has 36 heavy (non-hydrogen) atoms. The lowest BCUT2D eigenvalue weighted by Gasteiger charge is -2.27. The number of ether oxygens (including phenoxy) is 1. The van der Waals surface area contributed by atoms with Crippen LogP contribution in [0.4, 0.5) is 6.01 Å². The van der Waals surface area contributed by atoms with Crippen LogP contribution in [0, 0.1) is 12.8 Å². The van der Waals surface area contributed by atoms with Gasteiger partial charge in [-0.2, -0.15) is 0 Å². The number of aromatic nitrogens is 6. The van der Waals surface area contributed by atoms with E-state index in [4.69, 9.17) is 14.1 Å². The molecule has 5 rings (SSSR count). The number of rotatable bonds is 8. The smallest absolute Gasteiger partial charge is 0.316 e. The van der Waals surface area contributed by atoms with E-state index in [2.05, 4.69) is 25.8 Å². The third-order valence-corrected chi connectivity index (χ3v) is 6.34. The number of aryl methyl sites for hydroxylation is 2. The summed E-state index contributed by atoms with van der Waals surface area (Å²) in [5, 5.41) is 29.1. The minimum Gasteiger partial charge on any atom is -0.489 e. The fourth-order valence-corrected chi connectivity index (χ4v) is 4.39. The number of anilines is 1. The zero-order valence-electron chi connectivity index (χ0n) is 20.1. The molecule has 4 aromatic rings. The van der Waals surface area contributed by atoms with Crippen molar-refractivity contribution in [2.45, 2.75) is 45.3 Å². The summed E-state index contributed by atoms with van der Waals surface area (Å²) < 4.78 is 13.5. The van der Waals surface area contributed by atoms with Crippen LogP contribution in [0.3, 0.4) is 0 Å². The van der Waals surface area contributed by atoms with Crippen LogP contribution >= 0.6 is 0 Å². The lowest BCUT2D eigenvalue weighted by Crippen LogP contribution is -2.29. The molecule has 1 aliphatic rings. The summed E-state index contributed by atoms with van der Waals surface area (Å²) in [5.74, 6) is -0.0256. The number of hydrogen-bond donors (Lipinski definition) is 2. The Hall–Kier alpha value is -4.28. The molecule has 0 radical (unpaired) electrons. The standard InChI is InChI=1S/C25H27N7O4/c1-15-21(35-18-10-6-9-17(13-18)24(33)34)12-11-19(27-15)22-20(32(2)31-28-22)14-26-25-30-29-23(36-25)16-7-4-3-5-8-16/h3-5,7-8,11-12,17-18H,6,9-10,13-14H2,1-2H3,(H,26,30)(H,33,34)/t17-,18-/m0/s1. The second-order valence-corrected chi connectivity index (χ2v) is 8.86. The molecule has 0 aliphatic heterocycles. The van der Waals surface area contributed by atoms with Crippen LogP contribution in [0.5, 0.6) is 5.75 Å². The predicted octanol–water partition coefficient (Wildman–Crippen LogP) is 3.87. The minimum absolute atomic E-state index is 0.127. The Morgan fingerprint density at radius 1 is 1.17 bits per heavy atom. The molecule has 2 atom stereocenters. The fourth-order valence-electron chi connectivity index (χ4n) is 4.39. The van der Waals surface area contributed by atoms with Crippen LogP contribution in [-0.4, -0.2) is 47.4 Å². The Labute approximate surface area is 207 Å². The monoisotopic (exact) mass is 489 g/mol. The van der Waals surface area contributed by atoms with Crippen molar-refractivity contribution in [2.75, 3.05) is 5.32 Å². The zero-order chi connectivity index (χ0) is 25.1. The number of nitrogens with zero attached hydrogens (tertiary/aromatic N) is 6. The van der Waals surface area contributed by atoms with Gasteiger partial charge in [-0.05, 0) is 56.9 Å². The van der Waals surface area contributed by atoms with Crippen molar-refractivity contribution < 1.29 is 19.1 Å². The highest BCUT2D eigenvalue weighted by Gasteiger charge is 2.28. The number of carboxylic acids is 1. The van der Waals surface area contributed by atoms with Gasteiger partial charge < -0.3 is 19.6 Å². The number of carboxylic acid groups (broad SMARTS) is 1. The Morgan fingerprint density at radius 3 is 2.78 bits per heavy atom. The number of nitrogens with one attached hydrogen (secondary N) is 1. The molecule has 0 saturated heterocycles.